The molecule has 0 N–H and O–H groups in total. The van der Waals surface area contributed by atoms with Crippen LogP contribution in [0, 0.1) is 0 Å². The minimum absolute atomic E-state index is 0.424. The molecule has 2 nitrogen and oxygen atoms in total. The maximum Gasteiger partial charge on any atom is 0.119 e. The van der Waals surface area contributed by atoms with Crippen LogP contribution < -0.4 is 19.8 Å². The Hall–Kier alpha value is -1.74. The van der Waals surface area contributed by atoms with Crippen molar-refractivity contribution in [3.63, 3.8) is 0 Å². The van der Waals surface area contributed by atoms with Crippen molar-refractivity contribution in [1.29, 1.82) is 0 Å². The lowest BCUT2D eigenvalue weighted by Gasteiger charge is -2.08. The highest BCUT2D eigenvalue weighted by molar-refractivity contribution is 6.67. The minimum Gasteiger partial charge on any atom is -0.494 e. The van der Waals surface area contributed by atoms with Crippen LogP contribution in [-0.4, -0.2) is 22.7 Å². The fourth-order valence-electron chi connectivity index (χ4n) is 2.31. The molecule has 0 saturated carbocycles. The highest BCUT2D eigenvalue weighted by Gasteiger charge is 2.00. The topological polar surface area (TPSA) is 18.5 Å². The van der Waals surface area contributed by atoms with Crippen LogP contribution in [-0.2, 0) is 0 Å². The highest BCUT2D eigenvalue weighted by atomic mass is 28.2. The van der Waals surface area contributed by atoms with Crippen molar-refractivity contribution in [2.45, 2.75) is 39.5 Å². The van der Waals surface area contributed by atoms with Crippen molar-refractivity contribution in [3.05, 3.63) is 48.5 Å². The fourth-order valence-corrected chi connectivity index (χ4v) is 3.73. The quantitative estimate of drug-likeness (QED) is 0.493. The molecule has 0 fully saturated rings. The third kappa shape index (κ3) is 6.49. The third-order valence-corrected chi connectivity index (χ3v) is 5.55. The smallest absolute Gasteiger partial charge is 0.119 e. The predicted molar refractivity (Wildman–Crippen MR) is 102 cm³/mol. The summed E-state index contributed by atoms with van der Waals surface area (Å²) in [5, 5.41) is 2.87. The normalized spacial score (nSPS) is 10.5. The van der Waals surface area contributed by atoms with Crippen LogP contribution in [0.25, 0.3) is 0 Å². The molecule has 0 bridgehead atoms. The Morgan fingerprint density at radius 3 is 1.39 bits per heavy atom. The van der Waals surface area contributed by atoms with Gasteiger partial charge in [-0.05, 0) is 37.1 Å². The number of hydrogen-bond acceptors (Lipinski definition) is 2. The summed E-state index contributed by atoms with van der Waals surface area (Å²) in [6.07, 6.45) is 4.57. The molecular weight excluding hydrogens is 300 g/mol. The van der Waals surface area contributed by atoms with E-state index < -0.39 is 9.52 Å². The number of hydrogen-bond donors (Lipinski definition) is 0. The van der Waals surface area contributed by atoms with E-state index >= 15 is 0 Å². The molecule has 3 heteroatoms. The van der Waals surface area contributed by atoms with Crippen molar-refractivity contribution in [1.82, 2.24) is 0 Å². The van der Waals surface area contributed by atoms with Crippen molar-refractivity contribution in [2.75, 3.05) is 13.2 Å². The van der Waals surface area contributed by atoms with Gasteiger partial charge in [-0.2, -0.15) is 0 Å². The van der Waals surface area contributed by atoms with Gasteiger partial charge in [0.05, 0.1) is 22.7 Å². The van der Waals surface area contributed by atoms with Gasteiger partial charge in [0, 0.05) is 0 Å². The molecule has 0 spiro atoms. The molecule has 0 unspecified atom stereocenters. The van der Waals surface area contributed by atoms with E-state index in [0.29, 0.717) is 0 Å². The maximum atomic E-state index is 5.71. The SMILES string of the molecule is CCCCOc1ccc([SiH2]c2ccc(OCCCC)cc2)cc1. The Labute approximate surface area is 142 Å². The van der Waals surface area contributed by atoms with Crippen LogP contribution in [0.4, 0.5) is 0 Å². The van der Waals surface area contributed by atoms with Crippen molar-refractivity contribution >= 4 is 19.9 Å². The molecule has 0 atom stereocenters. The van der Waals surface area contributed by atoms with Gasteiger partial charge in [-0.1, -0.05) is 61.3 Å². The second-order valence-corrected chi connectivity index (χ2v) is 7.86. The van der Waals surface area contributed by atoms with Gasteiger partial charge in [-0.15, -0.1) is 0 Å². The Kier molecular flexibility index (Phi) is 7.74. The standard InChI is InChI=1S/C20H28O2Si/c1-3-5-15-21-17-7-11-19(12-8-17)23-20-13-9-18(10-14-20)22-16-6-4-2/h7-14H,3-6,15-16,23H2,1-2H3. The summed E-state index contributed by atoms with van der Waals surface area (Å²) >= 11 is 0. The summed E-state index contributed by atoms with van der Waals surface area (Å²) in [5.74, 6) is 1.96. The molecule has 0 radical (unpaired) electrons. The van der Waals surface area contributed by atoms with Crippen LogP contribution in [0.2, 0.25) is 0 Å². The second kappa shape index (κ2) is 10.1. The largest absolute Gasteiger partial charge is 0.494 e. The van der Waals surface area contributed by atoms with E-state index in [1.165, 1.54) is 23.2 Å². The Balaban J connectivity index is 1.84. The van der Waals surface area contributed by atoms with Crippen LogP contribution in [0.15, 0.2) is 48.5 Å². The lowest BCUT2D eigenvalue weighted by molar-refractivity contribution is 0.309. The van der Waals surface area contributed by atoms with E-state index in [1.54, 1.807) is 0 Å². The van der Waals surface area contributed by atoms with Gasteiger partial charge < -0.3 is 9.47 Å². The Morgan fingerprint density at radius 2 is 1.04 bits per heavy atom. The molecule has 2 rings (SSSR count). The third-order valence-electron chi connectivity index (χ3n) is 3.79. The maximum absolute atomic E-state index is 5.71. The highest BCUT2D eigenvalue weighted by Crippen LogP contribution is 2.09. The summed E-state index contributed by atoms with van der Waals surface area (Å²) in [6, 6.07) is 17.2. The zero-order valence-corrected chi connectivity index (χ0v) is 15.8. The first-order valence-electron chi connectivity index (χ1n) is 8.75. The molecule has 0 aliphatic heterocycles. The number of benzene rings is 2. The van der Waals surface area contributed by atoms with E-state index in [9.17, 15) is 0 Å². The molecule has 0 heterocycles. The van der Waals surface area contributed by atoms with Crippen LogP contribution in [0.1, 0.15) is 39.5 Å². The summed E-state index contributed by atoms with van der Waals surface area (Å²) in [4.78, 5) is 0. The zero-order valence-electron chi connectivity index (χ0n) is 14.4. The minimum atomic E-state index is -0.424. The van der Waals surface area contributed by atoms with Crippen molar-refractivity contribution in [2.24, 2.45) is 0 Å². The van der Waals surface area contributed by atoms with Gasteiger partial charge in [-0.3, -0.25) is 0 Å². The zero-order chi connectivity index (χ0) is 16.3. The summed E-state index contributed by atoms with van der Waals surface area (Å²) < 4.78 is 11.4. The molecular formula is C20H28O2Si. The molecule has 124 valence electrons. The Morgan fingerprint density at radius 1 is 0.652 bits per heavy atom. The van der Waals surface area contributed by atoms with E-state index in [4.69, 9.17) is 9.47 Å². The fraction of sp³-hybridized carbons (Fsp3) is 0.400. The molecule has 0 aliphatic carbocycles. The van der Waals surface area contributed by atoms with Gasteiger partial charge in [0.2, 0.25) is 0 Å². The average molecular weight is 329 g/mol. The molecule has 2 aromatic rings. The average Bonchev–Trinajstić information content (AvgIpc) is 2.58. The first kappa shape index (κ1) is 17.6. The van der Waals surface area contributed by atoms with Gasteiger partial charge in [0.15, 0.2) is 0 Å². The molecule has 2 aromatic carbocycles. The van der Waals surface area contributed by atoms with Crippen LogP contribution >= 0.6 is 0 Å². The Bertz CT molecular complexity index is 497. The van der Waals surface area contributed by atoms with Crippen LogP contribution in [0.3, 0.4) is 0 Å². The van der Waals surface area contributed by atoms with Crippen molar-refractivity contribution in [3.8, 4) is 11.5 Å². The van der Waals surface area contributed by atoms with E-state index in [-0.39, 0.29) is 0 Å². The molecule has 0 amide bonds. The molecule has 23 heavy (non-hydrogen) atoms. The molecule has 0 aliphatic rings. The van der Waals surface area contributed by atoms with Gasteiger partial charge in [0.1, 0.15) is 11.5 Å². The van der Waals surface area contributed by atoms with Crippen LogP contribution in [0.5, 0.6) is 11.5 Å². The second-order valence-electron chi connectivity index (χ2n) is 5.87. The number of rotatable bonds is 10. The molecule has 0 saturated heterocycles. The van der Waals surface area contributed by atoms with E-state index in [2.05, 4.69) is 62.4 Å². The first-order chi connectivity index (χ1) is 11.3. The van der Waals surface area contributed by atoms with Gasteiger partial charge in [-0.25, -0.2) is 0 Å². The van der Waals surface area contributed by atoms with Gasteiger partial charge >= 0.3 is 0 Å². The van der Waals surface area contributed by atoms with E-state index in [0.717, 1.165) is 37.6 Å². The lowest BCUT2D eigenvalue weighted by atomic mass is 10.3. The number of unbranched alkanes of at least 4 members (excludes halogenated alkanes) is 2. The lowest BCUT2D eigenvalue weighted by Crippen LogP contribution is -2.26. The predicted octanol–water partition coefficient (Wildman–Crippen LogP) is 3.16. The molecule has 0 aromatic heterocycles. The summed E-state index contributed by atoms with van der Waals surface area (Å²) in [5.41, 5.74) is 0. The monoisotopic (exact) mass is 328 g/mol. The number of ether oxygens (including phenoxy) is 2. The summed E-state index contributed by atoms with van der Waals surface area (Å²) in [7, 11) is -0.424. The summed E-state index contributed by atoms with van der Waals surface area (Å²) in [6.45, 7) is 5.98. The van der Waals surface area contributed by atoms with Crippen molar-refractivity contribution < 1.29 is 9.47 Å². The van der Waals surface area contributed by atoms with Gasteiger partial charge in [0.25, 0.3) is 0 Å². The first-order valence-corrected chi connectivity index (χ1v) is 10.2. The van der Waals surface area contributed by atoms with E-state index in [1.807, 2.05) is 0 Å².